The minimum atomic E-state index is -0.783. The second-order valence-electron chi connectivity index (χ2n) is 6.39. The summed E-state index contributed by atoms with van der Waals surface area (Å²) in [6.45, 7) is 10.9. The largest absolute Gasteiger partial charge is 0.327 e. The number of rotatable bonds is 3. The molecule has 1 fully saturated rings. The average molecular weight is 245 g/mol. The van der Waals surface area contributed by atoms with E-state index in [1.54, 1.807) is 0 Å². The second kappa shape index (κ2) is 5.18. The highest BCUT2D eigenvalue weighted by atomic mass is 32.2. The molecule has 1 aliphatic rings. The van der Waals surface area contributed by atoms with Gasteiger partial charge in [0, 0.05) is 22.1 Å². The Kier molecular flexibility index (Phi) is 4.58. The summed E-state index contributed by atoms with van der Waals surface area (Å²) in [7, 11) is -0.783. The Bertz CT molecular complexity index is 263. The number of hydrogen-bond acceptors (Lipinski definition) is 2. The van der Waals surface area contributed by atoms with Crippen LogP contribution in [0.25, 0.3) is 0 Å². The van der Waals surface area contributed by atoms with Crippen molar-refractivity contribution in [3.63, 3.8) is 0 Å². The molecule has 1 saturated carbocycles. The third-order valence-electron chi connectivity index (χ3n) is 3.99. The van der Waals surface area contributed by atoms with Crippen molar-refractivity contribution in [2.24, 2.45) is 17.1 Å². The van der Waals surface area contributed by atoms with Gasteiger partial charge in [-0.2, -0.15) is 0 Å². The average Bonchev–Trinajstić information content (AvgIpc) is 2.19. The Morgan fingerprint density at radius 1 is 1.31 bits per heavy atom. The maximum Gasteiger partial charge on any atom is 0.0506 e. The molecule has 0 radical (unpaired) electrons. The number of hydrogen-bond donors (Lipinski definition) is 1. The summed E-state index contributed by atoms with van der Waals surface area (Å²) in [5.74, 6) is 0.470. The third kappa shape index (κ3) is 3.30. The Labute approximate surface area is 103 Å². The van der Waals surface area contributed by atoms with E-state index in [1.807, 2.05) is 0 Å². The molecule has 16 heavy (non-hydrogen) atoms. The fourth-order valence-corrected chi connectivity index (χ4v) is 4.52. The van der Waals surface area contributed by atoms with Crippen molar-refractivity contribution in [1.82, 2.24) is 0 Å². The molecule has 0 heterocycles. The van der Waals surface area contributed by atoms with Crippen LogP contribution in [0.3, 0.4) is 0 Å². The summed E-state index contributed by atoms with van der Waals surface area (Å²) in [5, 5.41) is 0.450. The van der Waals surface area contributed by atoms with E-state index in [0.29, 0.717) is 11.3 Å². The van der Waals surface area contributed by atoms with Crippen molar-refractivity contribution >= 4 is 10.8 Å². The zero-order valence-corrected chi connectivity index (χ0v) is 12.1. The van der Waals surface area contributed by atoms with E-state index < -0.39 is 10.8 Å². The van der Waals surface area contributed by atoms with Gasteiger partial charge in [-0.3, -0.25) is 4.21 Å². The fraction of sp³-hybridized carbons (Fsp3) is 1.00. The lowest BCUT2D eigenvalue weighted by Crippen LogP contribution is -2.47. The van der Waals surface area contributed by atoms with E-state index in [4.69, 9.17) is 5.73 Å². The van der Waals surface area contributed by atoms with Crippen LogP contribution in [0, 0.1) is 11.3 Å². The molecule has 0 bridgehead atoms. The van der Waals surface area contributed by atoms with E-state index in [0.717, 1.165) is 19.3 Å². The molecule has 0 aromatic rings. The number of nitrogens with two attached hydrogens (primary N) is 1. The van der Waals surface area contributed by atoms with Gasteiger partial charge in [-0.15, -0.1) is 0 Å². The quantitative estimate of drug-likeness (QED) is 0.830. The Balaban J connectivity index is 2.73. The standard InChI is InChI=1S/C13H27NOS/c1-9(2)10(3)16(15)12-8-13(4,5)7-6-11(12)14/h9-12H,6-8,14H2,1-5H3. The van der Waals surface area contributed by atoms with Gasteiger partial charge >= 0.3 is 0 Å². The smallest absolute Gasteiger partial charge is 0.0506 e. The van der Waals surface area contributed by atoms with Gasteiger partial charge in [-0.05, 0) is 30.6 Å². The van der Waals surface area contributed by atoms with Crippen molar-refractivity contribution in [2.75, 3.05) is 0 Å². The fourth-order valence-electron chi connectivity index (χ4n) is 2.34. The predicted molar refractivity (Wildman–Crippen MR) is 71.8 cm³/mol. The van der Waals surface area contributed by atoms with Crippen molar-refractivity contribution < 1.29 is 4.21 Å². The highest BCUT2D eigenvalue weighted by Crippen LogP contribution is 2.37. The maximum absolute atomic E-state index is 12.5. The van der Waals surface area contributed by atoms with Gasteiger partial charge in [-0.25, -0.2) is 0 Å². The first kappa shape index (κ1) is 14.2. The molecular weight excluding hydrogens is 218 g/mol. The van der Waals surface area contributed by atoms with Crippen LogP contribution < -0.4 is 5.73 Å². The molecular formula is C13H27NOS. The lowest BCUT2D eigenvalue weighted by Gasteiger charge is -2.40. The Hall–Kier alpha value is 0.110. The van der Waals surface area contributed by atoms with Crippen LogP contribution in [0.2, 0.25) is 0 Å². The normalized spacial score (nSPS) is 33.7. The third-order valence-corrected chi connectivity index (χ3v) is 6.38. The van der Waals surface area contributed by atoms with Gasteiger partial charge < -0.3 is 5.73 Å². The predicted octanol–water partition coefficient (Wildman–Crippen LogP) is 2.69. The molecule has 1 aliphatic carbocycles. The van der Waals surface area contributed by atoms with Crippen molar-refractivity contribution in [3.8, 4) is 0 Å². The molecule has 3 heteroatoms. The van der Waals surface area contributed by atoms with Crippen molar-refractivity contribution in [3.05, 3.63) is 0 Å². The summed E-state index contributed by atoms with van der Waals surface area (Å²) < 4.78 is 12.5. The summed E-state index contributed by atoms with van der Waals surface area (Å²) in [5.41, 5.74) is 6.46. The summed E-state index contributed by atoms with van der Waals surface area (Å²) in [4.78, 5) is 0. The lowest BCUT2D eigenvalue weighted by atomic mass is 9.75. The highest BCUT2D eigenvalue weighted by Gasteiger charge is 2.38. The van der Waals surface area contributed by atoms with Gasteiger partial charge in [-0.1, -0.05) is 34.6 Å². The first-order chi connectivity index (χ1) is 7.24. The molecule has 0 spiro atoms. The first-order valence-electron chi connectivity index (χ1n) is 6.39. The zero-order chi connectivity index (χ0) is 12.5. The summed E-state index contributed by atoms with van der Waals surface area (Å²) in [6.07, 6.45) is 3.20. The first-order valence-corrected chi connectivity index (χ1v) is 7.67. The van der Waals surface area contributed by atoms with Gasteiger partial charge in [0.2, 0.25) is 0 Å². The maximum atomic E-state index is 12.5. The highest BCUT2D eigenvalue weighted by molar-refractivity contribution is 7.86. The summed E-state index contributed by atoms with van der Waals surface area (Å²) >= 11 is 0. The molecule has 0 aromatic carbocycles. The topological polar surface area (TPSA) is 43.1 Å². The SMILES string of the molecule is CC(C)C(C)S(=O)C1CC(C)(C)CCC1N. The molecule has 4 unspecified atom stereocenters. The van der Waals surface area contributed by atoms with E-state index in [-0.39, 0.29) is 16.5 Å². The minimum Gasteiger partial charge on any atom is -0.327 e. The van der Waals surface area contributed by atoms with Gasteiger partial charge in [0.1, 0.15) is 0 Å². The van der Waals surface area contributed by atoms with E-state index in [2.05, 4.69) is 34.6 Å². The van der Waals surface area contributed by atoms with Crippen molar-refractivity contribution in [2.45, 2.75) is 70.4 Å². The molecule has 96 valence electrons. The van der Waals surface area contributed by atoms with E-state index in [1.165, 1.54) is 0 Å². The monoisotopic (exact) mass is 245 g/mol. The Morgan fingerprint density at radius 3 is 2.38 bits per heavy atom. The minimum absolute atomic E-state index is 0.134. The molecule has 1 rings (SSSR count). The molecule has 0 saturated heterocycles. The molecule has 4 atom stereocenters. The molecule has 0 amide bonds. The van der Waals surface area contributed by atoms with Gasteiger partial charge in [0.05, 0.1) is 5.25 Å². The van der Waals surface area contributed by atoms with Crippen LogP contribution >= 0.6 is 0 Å². The van der Waals surface area contributed by atoms with Gasteiger partial charge in [0.15, 0.2) is 0 Å². The summed E-state index contributed by atoms with van der Waals surface area (Å²) in [6, 6.07) is 0.134. The van der Waals surface area contributed by atoms with Crippen LogP contribution in [0.1, 0.15) is 53.9 Å². The van der Waals surface area contributed by atoms with Crippen LogP contribution in [-0.4, -0.2) is 20.8 Å². The molecule has 0 aliphatic heterocycles. The zero-order valence-electron chi connectivity index (χ0n) is 11.3. The Morgan fingerprint density at radius 2 is 1.88 bits per heavy atom. The van der Waals surface area contributed by atoms with Crippen LogP contribution in [0.15, 0.2) is 0 Å². The van der Waals surface area contributed by atoms with Crippen LogP contribution in [-0.2, 0) is 10.8 Å². The molecule has 2 N–H and O–H groups in total. The molecule has 2 nitrogen and oxygen atoms in total. The van der Waals surface area contributed by atoms with E-state index in [9.17, 15) is 4.21 Å². The molecule has 0 aromatic heterocycles. The second-order valence-corrected chi connectivity index (χ2v) is 8.39. The van der Waals surface area contributed by atoms with Crippen LogP contribution in [0.4, 0.5) is 0 Å². The van der Waals surface area contributed by atoms with Gasteiger partial charge in [0.25, 0.3) is 0 Å². The van der Waals surface area contributed by atoms with Crippen molar-refractivity contribution in [1.29, 1.82) is 0 Å². The lowest BCUT2D eigenvalue weighted by molar-refractivity contribution is 0.229. The van der Waals surface area contributed by atoms with E-state index >= 15 is 0 Å². The van der Waals surface area contributed by atoms with Crippen LogP contribution in [0.5, 0.6) is 0 Å².